The normalized spacial score (nSPS) is 19.8. The molecule has 0 spiro atoms. The van der Waals surface area contributed by atoms with Crippen molar-refractivity contribution >= 4 is 33.0 Å². The third kappa shape index (κ3) is 7.49. The predicted molar refractivity (Wildman–Crippen MR) is 157 cm³/mol. The van der Waals surface area contributed by atoms with Crippen molar-refractivity contribution in [3.63, 3.8) is 0 Å². The number of ether oxygens (including phenoxy) is 1. The monoisotopic (exact) mass is 597 g/mol. The molecule has 2 aliphatic rings. The van der Waals surface area contributed by atoms with Crippen LogP contribution in [0.5, 0.6) is 0 Å². The highest BCUT2D eigenvalue weighted by molar-refractivity contribution is 7.90. The third-order valence-corrected chi connectivity index (χ3v) is 9.81. The van der Waals surface area contributed by atoms with Crippen molar-refractivity contribution in [1.29, 1.82) is 0 Å². The summed E-state index contributed by atoms with van der Waals surface area (Å²) in [5, 5.41) is 2.84. The number of anilines is 1. The lowest BCUT2D eigenvalue weighted by molar-refractivity contribution is -0.0473. The zero-order valence-corrected chi connectivity index (χ0v) is 26.2. The number of fused-ring (bicyclic) bond motifs is 1. The SMILES string of the molecule is CN(c1ccc2c(c1)nc(C(C)(C)C)n2CC1CCC(F)(F)CC1)S(=O)(=O)N1CCC(NC(=O)OC(C)(C)C)CC1. The van der Waals surface area contributed by atoms with E-state index in [-0.39, 0.29) is 43.3 Å². The van der Waals surface area contributed by atoms with Gasteiger partial charge in [0.2, 0.25) is 5.92 Å². The molecule has 2 heterocycles. The minimum Gasteiger partial charge on any atom is -0.444 e. The number of alkyl halides is 2. The van der Waals surface area contributed by atoms with Crippen LogP contribution in [0, 0.1) is 5.92 Å². The summed E-state index contributed by atoms with van der Waals surface area (Å²) < 4.78 is 64.7. The highest BCUT2D eigenvalue weighted by Gasteiger charge is 2.36. The van der Waals surface area contributed by atoms with E-state index in [1.165, 1.54) is 15.7 Å². The molecule has 4 rings (SSSR count). The number of piperidine rings is 1. The molecule has 1 amide bonds. The van der Waals surface area contributed by atoms with Gasteiger partial charge in [-0.3, -0.25) is 4.31 Å². The largest absolute Gasteiger partial charge is 0.444 e. The van der Waals surface area contributed by atoms with Crippen molar-refractivity contribution in [2.75, 3.05) is 24.4 Å². The van der Waals surface area contributed by atoms with Gasteiger partial charge in [0.25, 0.3) is 0 Å². The van der Waals surface area contributed by atoms with Crippen LogP contribution < -0.4 is 9.62 Å². The molecule has 2 aromatic rings. The molecule has 1 aliphatic carbocycles. The first-order chi connectivity index (χ1) is 18.9. The van der Waals surface area contributed by atoms with Crippen LogP contribution in [0.1, 0.15) is 85.9 Å². The van der Waals surface area contributed by atoms with Gasteiger partial charge in [-0.1, -0.05) is 20.8 Å². The number of nitrogens with zero attached hydrogens (tertiary/aromatic N) is 4. The summed E-state index contributed by atoms with van der Waals surface area (Å²) in [6.07, 6.45) is 1.24. The number of amides is 1. The first-order valence-corrected chi connectivity index (χ1v) is 15.9. The van der Waals surface area contributed by atoms with Gasteiger partial charge in [-0.15, -0.1) is 0 Å². The molecule has 2 fully saturated rings. The molecule has 1 saturated heterocycles. The Hall–Kier alpha value is -2.47. The number of carbonyl (C=O) groups is 1. The summed E-state index contributed by atoms with van der Waals surface area (Å²) in [7, 11) is -2.28. The standard InChI is InChI=1S/C29H45F2N5O4S/c1-27(2,3)25-33-23-18-22(8-9-24(23)36(25)19-20-10-14-29(30,31)15-11-20)34(7)41(38,39)35-16-12-21(13-17-35)32-26(37)40-28(4,5)6/h8-9,18,20-21H,10-17,19H2,1-7H3,(H,32,37). The summed E-state index contributed by atoms with van der Waals surface area (Å²) in [5.74, 6) is -1.58. The Morgan fingerprint density at radius 1 is 1.10 bits per heavy atom. The van der Waals surface area contributed by atoms with E-state index < -0.39 is 27.8 Å². The molecule has 0 unspecified atom stereocenters. The number of alkyl carbamates (subject to hydrolysis) is 1. The molecule has 1 aromatic heterocycles. The maximum Gasteiger partial charge on any atom is 0.407 e. The Bertz CT molecular complexity index is 1350. The van der Waals surface area contributed by atoms with Crippen LogP contribution in [-0.4, -0.2) is 66.1 Å². The molecule has 0 radical (unpaired) electrons. The Morgan fingerprint density at radius 3 is 2.27 bits per heavy atom. The second-order valence-corrected chi connectivity index (χ2v) is 15.5. The van der Waals surface area contributed by atoms with Crippen molar-refractivity contribution in [3.05, 3.63) is 24.0 Å². The molecular formula is C29H45F2N5O4S. The molecule has 1 aromatic carbocycles. The molecule has 12 heteroatoms. The molecule has 0 bridgehead atoms. The van der Waals surface area contributed by atoms with Gasteiger partial charge in [-0.2, -0.15) is 12.7 Å². The molecule has 1 N–H and O–H groups in total. The van der Waals surface area contributed by atoms with Crippen LogP contribution in [-0.2, 0) is 26.9 Å². The van der Waals surface area contributed by atoms with E-state index in [1.54, 1.807) is 32.9 Å². The smallest absolute Gasteiger partial charge is 0.407 e. The molecule has 1 saturated carbocycles. The fraction of sp³-hybridized carbons (Fsp3) is 0.724. The zero-order chi connectivity index (χ0) is 30.4. The minimum atomic E-state index is -3.81. The first kappa shape index (κ1) is 31.5. The van der Waals surface area contributed by atoms with Crippen molar-refractivity contribution in [1.82, 2.24) is 19.2 Å². The van der Waals surface area contributed by atoms with E-state index >= 15 is 0 Å². The maximum absolute atomic E-state index is 13.8. The van der Waals surface area contributed by atoms with E-state index in [4.69, 9.17) is 9.72 Å². The topological polar surface area (TPSA) is 96.8 Å². The molecule has 41 heavy (non-hydrogen) atoms. The average Bonchev–Trinajstić information content (AvgIpc) is 3.22. The minimum absolute atomic E-state index is 0.0870. The lowest BCUT2D eigenvalue weighted by atomic mass is 9.86. The van der Waals surface area contributed by atoms with Crippen LogP contribution >= 0.6 is 0 Å². The Morgan fingerprint density at radius 2 is 1.71 bits per heavy atom. The zero-order valence-electron chi connectivity index (χ0n) is 25.3. The Kier molecular flexibility index (Phi) is 8.68. The molecule has 9 nitrogen and oxygen atoms in total. The average molecular weight is 598 g/mol. The highest BCUT2D eigenvalue weighted by Crippen LogP contribution is 2.38. The predicted octanol–water partition coefficient (Wildman–Crippen LogP) is 5.83. The number of aromatic nitrogens is 2. The van der Waals surface area contributed by atoms with Gasteiger partial charge in [0.05, 0.1) is 16.7 Å². The van der Waals surface area contributed by atoms with E-state index in [2.05, 4.69) is 30.7 Å². The van der Waals surface area contributed by atoms with Gasteiger partial charge in [0.1, 0.15) is 11.4 Å². The fourth-order valence-electron chi connectivity index (χ4n) is 5.62. The fourth-order valence-corrected chi connectivity index (χ4v) is 7.02. The van der Waals surface area contributed by atoms with E-state index in [9.17, 15) is 22.0 Å². The van der Waals surface area contributed by atoms with Crippen LogP contribution in [0.2, 0.25) is 0 Å². The van der Waals surface area contributed by atoms with Gasteiger partial charge in [0, 0.05) is 51.0 Å². The number of hydrogen-bond acceptors (Lipinski definition) is 5. The second kappa shape index (κ2) is 11.3. The summed E-state index contributed by atoms with van der Waals surface area (Å²) >= 11 is 0. The Balaban J connectivity index is 1.49. The van der Waals surface area contributed by atoms with Crippen LogP contribution in [0.3, 0.4) is 0 Å². The van der Waals surface area contributed by atoms with Crippen molar-refractivity contribution in [2.45, 2.75) is 110 Å². The van der Waals surface area contributed by atoms with Gasteiger partial charge in [-0.05, 0) is 70.6 Å². The first-order valence-electron chi connectivity index (χ1n) is 14.5. The summed E-state index contributed by atoms with van der Waals surface area (Å²) in [6.45, 7) is 12.8. The van der Waals surface area contributed by atoms with Crippen molar-refractivity contribution < 1.29 is 26.7 Å². The summed E-state index contributed by atoms with van der Waals surface area (Å²) in [4.78, 5) is 17.0. The lowest BCUT2D eigenvalue weighted by Crippen LogP contribution is -2.50. The lowest BCUT2D eigenvalue weighted by Gasteiger charge is -2.34. The van der Waals surface area contributed by atoms with Crippen LogP contribution in [0.15, 0.2) is 18.2 Å². The van der Waals surface area contributed by atoms with Crippen molar-refractivity contribution in [2.24, 2.45) is 5.92 Å². The number of hydrogen-bond donors (Lipinski definition) is 1. The van der Waals surface area contributed by atoms with Gasteiger partial charge < -0.3 is 14.6 Å². The van der Waals surface area contributed by atoms with E-state index in [1.807, 2.05) is 6.07 Å². The van der Waals surface area contributed by atoms with Crippen LogP contribution in [0.25, 0.3) is 11.0 Å². The van der Waals surface area contributed by atoms with Gasteiger partial charge in [-0.25, -0.2) is 18.6 Å². The molecule has 1 aliphatic heterocycles. The number of rotatable bonds is 6. The van der Waals surface area contributed by atoms with Crippen molar-refractivity contribution in [3.8, 4) is 0 Å². The molecule has 230 valence electrons. The summed E-state index contributed by atoms with van der Waals surface area (Å²) in [5.41, 5.74) is 1.16. The molecular weight excluding hydrogens is 552 g/mol. The number of benzene rings is 1. The highest BCUT2D eigenvalue weighted by atomic mass is 32.2. The van der Waals surface area contributed by atoms with E-state index in [0.717, 1.165) is 11.3 Å². The maximum atomic E-state index is 13.8. The van der Waals surface area contributed by atoms with E-state index in [0.29, 0.717) is 43.4 Å². The molecule has 0 atom stereocenters. The number of halogens is 2. The number of carbonyl (C=O) groups excluding carboxylic acids is 1. The third-order valence-electron chi connectivity index (χ3n) is 7.89. The number of nitrogens with one attached hydrogen (secondary N) is 1. The van der Waals surface area contributed by atoms with Gasteiger partial charge >= 0.3 is 16.3 Å². The van der Waals surface area contributed by atoms with Crippen LogP contribution in [0.4, 0.5) is 19.3 Å². The van der Waals surface area contributed by atoms with Gasteiger partial charge in [0.15, 0.2) is 0 Å². The second-order valence-electron chi connectivity index (χ2n) is 13.6. The Labute approximate surface area is 242 Å². The summed E-state index contributed by atoms with van der Waals surface area (Å²) in [6, 6.07) is 5.28. The quantitative estimate of drug-likeness (QED) is 0.452. The number of imidazole rings is 1.